The molecule has 0 radical (unpaired) electrons. The fourth-order valence-electron chi connectivity index (χ4n) is 3.00. The molecule has 3 rings (SSSR count). The number of nitrogens with zero attached hydrogens (tertiary/aromatic N) is 7. The summed E-state index contributed by atoms with van der Waals surface area (Å²) in [5, 5.41) is 25.4. The van der Waals surface area contributed by atoms with Crippen molar-refractivity contribution in [3.63, 3.8) is 0 Å². The Bertz CT molecular complexity index is 1140. The zero-order chi connectivity index (χ0) is 22.1. The molecule has 1 aliphatic rings. The van der Waals surface area contributed by atoms with E-state index in [1.807, 2.05) is 6.92 Å². The number of para-hydroxylation sites is 1. The Labute approximate surface area is 174 Å². The van der Waals surface area contributed by atoms with Crippen LogP contribution in [0.4, 0.5) is 11.6 Å². The normalized spacial score (nSPS) is 15.5. The molecule has 2 aromatic rings. The number of fused-ring (bicyclic) bond motifs is 1. The first kappa shape index (κ1) is 21.4. The zero-order valence-corrected chi connectivity index (χ0v) is 18.0. The van der Waals surface area contributed by atoms with Crippen LogP contribution in [0.15, 0.2) is 50.3 Å². The van der Waals surface area contributed by atoms with Gasteiger partial charge in [-0.1, -0.05) is 12.1 Å². The Morgan fingerprint density at radius 1 is 1.13 bits per heavy atom. The number of benzene rings is 1. The average Bonchev–Trinajstić information content (AvgIpc) is 3.15. The lowest BCUT2D eigenvalue weighted by Crippen LogP contribution is -2.30. The molecule has 1 N–H and O–H groups in total. The number of aromatic nitrogens is 3. The van der Waals surface area contributed by atoms with E-state index >= 15 is 0 Å². The molecule has 1 amide bonds. The molecule has 160 valence electrons. The number of aliphatic hydroxyl groups excluding tert-OH is 1. The molecule has 1 aliphatic heterocycles. The number of carbonyl (C=O) groups excluding carboxylic acids is 1. The zero-order valence-electron chi connectivity index (χ0n) is 17.1. The van der Waals surface area contributed by atoms with Crippen LogP contribution in [0.3, 0.4) is 0 Å². The Kier molecular flexibility index (Phi) is 5.87. The smallest absolute Gasteiger partial charge is 0.291 e. The van der Waals surface area contributed by atoms with Crippen LogP contribution in [0.1, 0.15) is 31.4 Å². The molecule has 0 atom stereocenters. The number of sulfone groups is 1. The number of anilines is 1. The summed E-state index contributed by atoms with van der Waals surface area (Å²) in [5.74, 6) is -0.833. The van der Waals surface area contributed by atoms with E-state index in [1.165, 1.54) is 20.4 Å². The molecule has 0 unspecified atom stereocenters. The lowest BCUT2D eigenvalue weighted by Gasteiger charge is -2.28. The van der Waals surface area contributed by atoms with Crippen molar-refractivity contribution in [3.05, 3.63) is 41.0 Å². The maximum absolute atomic E-state index is 13.0. The molecular weight excluding hydrogens is 410 g/mol. The van der Waals surface area contributed by atoms with Crippen molar-refractivity contribution in [1.29, 1.82) is 0 Å². The molecule has 11 nitrogen and oxygen atoms in total. The van der Waals surface area contributed by atoms with E-state index in [9.17, 15) is 18.3 Å². The highest BCUT2D eigenvalue weighted by molar-refractivity contribution is 7.95. The second kappa shape index (κ2) is 8.22. The summed E-state index contributed by atoms with van der Waals surface area (Å²) in [6.45, 7) is 6.50. The maximum Gasteiger partial charge on any atom is 0.291 e. The van der Waals surface area contributed by atoms with Gasteiger partial charge >= 0.3 is 0 Å². The van der Waals surface area contributed by atoms with Crippen molar-refractivity contribution in [3.8, 4) is 0 Å². The third-order valence-corrected chi connectivity index (χ3v) is 6.45. The Morgan fingerprint density at radius 2 is 1.83 bits per heavy atom. The summed E-state index contributed by atoms with van der Waals surface area (Å²) in [7, 11) is -2.47. The summed E-state index contributed by atoms with van der Waals surface area (Å²) >= 11 is 0. The first-order chi connectivity index (χ1) is 14.3. The second-order valence-electron chi connectivity index (χ2n) is 6.43. The van der Waals surface area contributed by atoms with Crippen molar-refractivity contribution in [2.24, 2.45) is 10.2 Å². The quantitative estimate of drug-likeness (QED) is 0.692. The topological polar surface area (TPSA) is 133 Å². The first-order valence-corrected chi connectivity index (χ1v) is 10.9. The summed E-state index contributed by atoms with van der Waals surface area (Å²) < 4.78 is 27.4. The van der Waals surface area contributed by atoms with E-state index in [-0.39, 0.29) is 22.6 Å². The number of azo groups is 1. The lowest BCUT2D eigenvalue weighted by atomic mass is 10.3. The Hall–Kier alpha value is -3.28. The molecule has 1 aromatic carbocycles. The molecule has 0 saturated carbocycles. The van der Waals surface area contributed by atoms with Gasteiger partial charge in [0.25, 0.3) is 11.9 Å². The van der Waals surface area contributed by atoms with Crippen LogP contribution >= 0.6 is 0 Å². The van der Waals surface area contributed by atoms with Gasteiger partial charge in [0.15, 0.2) is 0 Å². The summed E-state index contributed by atoms with van der Waals surface area (Å²) in [6.07, 6.45) is 0. The van der Waals surface area contributed by atoms with Gasteiger partial charge in [0.2, 0.25) is 26.6 Å². The third-order valence-electron chi connectivity index (χ3n) is 4.75. The molecule has 0 bridgehead atoms. The number of hydrogen-bond acceptors (Lipinski definition) is 9. The van der Waals surface area contributed by atoms with Gasteiger partial charge in [0.05, 0.1) is 10.6 Å². The number of aliphatic hydroxyl groups is 1. The van der Waals surface area contributed by atoms with Gasteiger partial charge in [-0.3, -0.25) is 9.36 Å². The van der Waals surface area contributed by atoms with E-state index in [1.54, 1.807) is 39.1 Å². The first-order valence-electron chi connectivity index (χ1n) is 9.43. The third kappa shape index (κ3) is 3.43. The van der Waals surface area contributed by atoms with Crippen LogP contribution in [0.2, 0.25) is 0 Å². The van der Waals surface area contributed by atoms with Crippen molar-refractivity contribution >= 4 is 27.4 Å². The minimum Gasteiger partial charge on any atom is -0.492 e. The van der Waals surface area contributed by atoms with Gasteiger partial charge in [-0.2, -0.15) is 0 Å². The molecule has 1 aromatic heterocycles. The Morgan fingerprint density at radius 3 is 2.47 bits per heavy atom. The molecule has 0 fully saturated rings. The van der Waals surface area contributed by atoms with Crippen LogP contribution in [-0.2, 0) is 16.4 Å². The summed E-state index contributed by atoms with van der Waals surface area (Å²) in [5.41, 5.74) is 0.365. The van der Waals surface area contributed by atoms with E-state index in [4.69, 9.17) is 0 Å². The molecular formula is C18H23N7O4S. The molecule has 0 spiro atoms. The van der Waals surface area contributed by atoms with E-state index in [0.29, 0.717) is 25.3 Å². The predicted octanol–water partition coefficient (Wildman–Crippen LogP) is 2.47. The highest BCUT2D eigenvalue weighted by atomic mass is 32.2. The van der Waals surface area contributed by atoms with Gasteiger partial charge < -0.3 is 14.9 Å². The highest BCUT2D eigenvalue weighted by Gasteiger charge is 2.37. The number of rotatable bonds is 6. The molecule has 30 heavy (non-hydrogen) atoms. The van der Waals surface area contributed by atoms with Gasteiger partial charge in [0, 0.05) is 26.7 Å². The average molecular weight is 433 g/mol. The highest BCUT2D eigenvalue weighted by Crippen LogP contribution is 2.38. The van der Waals surface area contributed by atoms with Crippen LogP contribution in [-0.4, -0.2) is 59.2 Å². The monoisotopic (exact) mass is 433 g/mol. The van der Waals surface area contributed by atoms with Crippen molar-refractivity contribution in [2.45, 2.75) is 32.2 Å². The van der Waals surface area contributed by atoms with Crippen molar-refractivity contribution in [1.82, 2.24) is 19.7 Å². The lowest BCUT2D eigenvalue weighted by molar-refractivity contribution is 0.0785. The van der Waals surface area contributed by atoms with Crippen LogP contribution in [0.25, 0.3) is 0 Å². The van der Waals surface area contributed by atoms with E-state index in [2.05, 4.69) is 20.4 Å². The molecule has 0 saturated heterocycles. The number of hydrogen-bond donors (Lipinski definition) is 1. The largest absolute Gasteiger partial charge is 0.492 e. The Balaban J connectivity index is 2.06. The van der Waals surface area contributed by atoms with E-state index < -0.39 is 20.7 Å². The van der Waals surface area contributed by atoms with Gasteiger partial charge in [-0.25, -0.2) is 8.42 Å². The molecule has 12 heteroatoms. The van der Waals surface area contributed by atoms with Crippen molar-refractivity contribution in [2.75, 3.05) is 25.0 Å². The predicted molar refractivity (Wildman–Crippen MR) is 109 cm³/mol. The van der Waals surface area contributed by atoms with Gasteiger partial charge in [-0.15, -0.1) is 20.4 Å². The van der Waals surface area contributed by atoms with Crippen LogP contribution in [0.5, 0.6) is 0 Å². The maximum atomic E-state index is 13.0. The molecule has 2 heterocycles. The number of carbonyl (C=O) groups is 1. The number of amides is 1. The fraction of sp³-hybridized carbons (Fsp3) is 0.389. The van der Waals surface area contributed by atoms with E-state index in [0.717, 1.165) is 0 Å². The minimum absolute atomic E-state index is 0.0241. The van der Waals surface area contributed by atoms with Crippen LogP contribution < -0.4 is 4.90 Å². The SMILES string of the molecule is CCN(C)C(=O)c1nnc(N=NC2=C(O)N(CC)c3ccccc3S2(=O)=O)n1CC. The second-order valence-corrected chi connectivity index (χ2v) is 8.26. The fourth-order valence-corrected chi connectivity index (χ4v) is 4.42. The summed E-state index contributed by atoms with van der Waals surface area (Å²) in [6, 6.07) is 6.33. The molecule has 0 aliphatic carbocycles. The standard InChI is InChI=1S/C18H23N7O4S/c1-5-23(4)16(26)14-19-21-18(25(14)7-3)22-20-15-17(27)24(6-2)12-10-8-9-11-13(12)30(15,28)29/h8-11,27H,5-7H2,1-4H3. The van der Waals surface area contributed by atoms with Crippen molar-refractivity contribution < 1.29 is 18.3 Å². The minimum atomic E-state index is -4.10. The van der Waals surface area contributed by atoms with Crippen LogP contribution in [0, 0.1) is 0 Å². The summed E-state index contributed by atoms with van der Waals surface area (Å²) in [4.78, 5) is 15.3. The van der Waals surface area contributed by atoms with Gasteiger partial charge in [-0.05, 0) is 32.9 Å². The van der Waals surface area contributed by atoms with Gasteiger partial charge in [0.1, 0.15) is 0 Å².